The number of nitrogens with zero attached hydrogens (tertiary/aromatic N) is 4. The third-order valence-electron chi connectivity index (χ3n) is 7.48. The molecule has 218 valence electrons. The molecule has 1 saturated heterocycles. The molecule has 2 heterocycles. The Morgan fingerprint density at radius 2 is 1.80 bits per heavy atom. The summed E-state index contributed by atoms with van der Waals surface area (Å²) in [4.78, 5) is 48.1. The predicted octanol–water partition coefficient (Wildman–Crippen LogP) is 4.81. The number of carbonyl (C=O) groups excluding carboxylic acids is 3. The molecule has 1 aromatic heterocycles. The number of hydrogen-bond acceptors (Lipinski definition) is 6. The number of amides is 3. The van der Waals surface area contributed by atoms with Gasteiger partial charge in [0.05, 0.1) is 17.7 Å². The van der Waals surface area contributed by atoms with Gasteiger partial charge >= 0.3 is 6.18 Å². The van der Waals surface area contributed by atoms with Crippen molar-refractivity contribution >= 4 is 39.9 Å². The van der Waals surface area contributed by atoms with Crippen LogP contribution in [-0.2, 0) is 27.0 Å². The number of thiazole rings is 1. The minimum Gasteiger partial charge on any atom is -0.368 e. The summed E-state index contributed by atoms with van der Waals surface area (Å²) in [6.45, 7) is 5.40. The summed E-state index contributed by atoms with van der Waals surface area (Å²) in [5.74, 6) is -0.441. The number of nitrogens with one attached hydrogen (secondary N) is 1. The average molecular weight is 580 g/mol. The standard InChI is InChI=1S/C28H36F3N5O3S/c1-19(2)36(26(39)20-7-4-3-5-8-20)17-24(37)33-27-32-22(18-40-27)16-25(38)35-13-11-34(12-14-35)23-10-6-9-21(15-23)28(29,30)31/h6,9-10,15,18-20H,3-5,7-8,11-14,16-17H2,1-2H3,(H,32,33,37). The molecule has 2 aromatic rings. The zero-order chi connectivity index (χ0) is 28.9. The maximum absolute atomic E-state index is 13.1. The molecule has 1 N–H and O–H groups in total. The lowest BCUT2D eigenvalue weighted by Gasteiger charge is -2.36. The van der Waals surface area contributed by atoms with Crippen LogP contribution in [0.25, 0.3) is 0 Å². The summed E-state index contributed by atoms with van der Waals surface area (Å²) in [7, 11) is 0. The maximum Gasteiger partial charge on any atom is 0.416 e. The number of carbonyl (C=O) groups is 3. The molecule has 2 fully saturated rings. The molecule has 3 amide bonds. The lowest BCUT2D eigenvalue weighted by atomic mass is 9.88. The number of anilines is 2. The molecule has 0 atom stereocenters. The Balaban J connectivity index is 1.26. The van der Waals surface area contributed by atoms with Gasteiger partial charge < -0.3 is 20.0 Å². The van der Waals surface area contributed by atoms with Crippen LogP contribution < -0.4 is 10.2 Å². The summed E-state index contributed by atoms with van der Waals surface area (Å²) in [5.41, 5.74) is 0.325. The van der Waals surface area contributed by atoms with E-state index in [2.05, 4.69) is 10.3 Å². The van der Waals surface area contributed by atoms with Crippen LogP contribution in [0.2, 0.25) is 0 Å². The molecule has 4 rings (SSSR count). The van der Waals surface area contributed by atoms with Gasteiger partial charge in [-0.05, 0) is 44.9 Å². The highest BCUT2D eigenvalue weighted by Crippen LogP contribution is 2.32. The molecule has 2 aliphatic rings. The normalized spacial score (nSPS) is 16.8. The molecule has 12 heteroatoms. The highest BCUT2D eigenvalue weighted by molar-refractivity contribution is 7.13. The summed E-state index contributed by atoms with van der Waals surface area (Å²) in [5, 5.41) is 4.85. The van der Waals surface area contributed by atoms with Gasteiger partial charge in [0.2, 0.25) is 17.7 Å². The van der Waals surface area contributed by atoms with Crippen molar-refractivity contribution in [2.45, 2.75) is 64.6 Å². The summed E-state index contributed by atoms with van der Waals surface area (Å²) in [6.07, 6.45) is 0.633. The SMILES string of the molecule is CC(C)N(CC(=O)Nc1nc(CC(=O)N2CCN(c3cccc(C(F)(F)F)c3)CC2)cs1)C(=O)C1CCCCC1. The van der Waals surface area contributed by atoms with E-state index in [1.54, 1.807) is 21.2 Å². The molecular formula is C28H36F3N5O3S. The minimum absolute atomic E-state index is 0.0200. The van der Waals surface area contributed by atoms with Gasteiger partial charge in [0.25, 0.3) is 0 Å². The monoisotopic (exact) mass is 579 g/mol. The van der Waals surface area contributed by atoms with Crippen molar-refractivity contribution in [1.29, 1.82) is 0 Å². The third kappa shape index (κ3) is 7.74. The average Bonchev–Trinajstić information content (AvgIpc) is 3.37. The van der Waals surface area contributed by atoms with Crippen LogP contribution in [0.3, 0.4) is 0 Å². The number of benzene rings is 1. The van der Waals surface area contributed by atoms with E-state index in [1.807, 2.05) is 18.7 Å². The van der Waals surface area contributed by atoms with Crippen molar-refractivity contribution < 1.29 is 27.6 Å². The second-order valence-corrected chi connectivity index (χ2v) is 11.5. The van der Waals surface area contributed by atoms with Gasteiger partial charge in [-0.1, -0.05) is 25.3 Å². The molecule has 1 aliphatic heterocycles. The van der Waals surface area contributed by atoms with Gasteiger partial charge in [-0.3, -0.25) is 14.4 Å². The highest BCUT2D eigenvalue weighted by Gasteiger charge is 2.32. The first-order valence-electron chi connectivity index (χ1n) is 13.8. The van der Waals surface area contributed by atoms with Crippen LogP contribution in [-0.4, -0.2) is 71.3 Å². The Bertz CT molecular complexity index is 1190. The van der Waals surface area contributed by atoms with Crippen LogP contribution in [0.4, 0.5) is 24.0 Å². The first-order chi connectivity index (χ1) is 19.0. The molecule has 1 aromatic carbocycles. The smallest absolute Gasteiger partial charge is 0.368 e. The van der Waals surface area contributed by atoms with E-state index in [1.165, 1.54) is 17.4 Å². The Morgan fingerprint density at radius 1 is 1.10 bits per heavy atom. The van der Waals surface area contributed by atoms with E-state index < -0.39 is 11.7 Å². The van der Waals surface area contributed by atoms with Crippen LogP contribution in [0.5, 0.6) is 0 Å². The zero-order valence-corrected chi connectivity index (χ0v) is 23.7. The van der Waals surface area contributed by atoms with Gasteiger partial charge in [-0.25, -0.2) is 4.98 Å². The Labute approximate surface area is 236 Å². The Hall–Kier alpha value is -3.15. The molecule has 8 nitrogen and oxygen atoms in total. The lowest BCUT2D eigenvalue weighted by molar-refractivity contribution is -0.141. The van der Waals surface area contributed by atoms with Crippen molar-refractivity contribution in [3.63, 3.8) is 0 Å². The number of halogens is 3. The third-order valence-corrected chi connectivity index (χ3v) is 8.28. The molecular weight excluding hydrogens is 543 g/mol. The van der Waals surface area contributed by atoms with Crippen molar-refractivity contribution in [2.75, 3.05) is 42.9 Å². The number of piperazine rings is 1. The zero-order valence-electron chi connectivity index (χ0n) is 22.9. The van der Waals surface area contributed by atoms with E-state index in [0.717, 1.165) is 44.2 Å². The van der Waals surface area contributed by atoms with Crippen LogP contribution in [0.1, 0.15) is 57.2 Å². The van der Waals surface area contributed by atoms with Crippen LogP contribution in [0.15, 0.2) is 29.6 Å². The molecule has 0 bridgehead atoms. The van der Waals surface area contributed by atoms with E-state index in [4.69, 9.17) is 0 Å². The highest BCUT2D eigenvalue weighted by atomic mass is 32.1. The maximum atomic E-state index is 13.1. The molecule has 0 radical (unpaired) electrons. The summed E-state index contributed by atoms with van der Waals surface area (Å²) < 4.78 is 39.2. The largest absolute Gasteiger partial charge is 0.416 e. The van der Waals surface area contributed by atoms with E-state index in [-0.39, 0.29) is 42.6 Å². The molecule has 1 aliphatic carbocycles. The number of alkyl halides is 3. The molecule has 0 spiro atoms. The van der Waals surface area contributed by atoms with E-state index >= 15 is 0 Å². The van der Waals surface area contributed by atoms with Gasteiger partial charge in [-0.15, -0.1) is 11.3 Å². The second kappa shape index (κ2) is 13.0. The van der Waals surface area contributed by atoms with Gasteiger partial charge in [-0.2, -0.15) is 13.2 Å². The van der Waals surface area contributed by atoms with Gasteiger partial charge in [0, 0.05) is 49.2 Å². The molecule has 0 unspecified atom stereocenters. The molecule has 1 saturated carbocycles. The number of rotatable bonds is 8. The van der Waals surface area contributed by atoms with Crippen LogP contribution in [0, 0.1) is 5.92 Å². The predicted molar refractivity (Wildman–Crippen MR) is 148 cm³/mol. The second-order valence-electron chi connectivity index (χ2n) is 10.7. The topological polar surface area (TPSA) is 85.8 Å². The fourth-order valence-corrected chi connectivity index (χ4v) is 5.94. The summed E-state index contributed by atoms with van der Waals surface area (Å²) in [6, 6.07) is 5.12. The first kappa shape index (κ1) is 29.8. The Kier molecular flexibility index (Phi) is 9.70. The van der Waals surface area contributed by atoms with Crippen molar-refractivity contribution in [3.05, 3.63) is 40.9 Å². The minimum atomic E-state index is -4.40. The first-order valence-corrected chi connectivity index (χ1v) is 14.6. The lowest BCUT2D eigenvalue weighted by Crippen LogP contribution is -2.49. The van der Waals surface area contributed by atoms with Crippen LogP contribution >= 0.6 is 11.3 Å². The van der Waals surface area contributed by atoms with Crippen molar-refractivity contribution in [2.24, 2.45) is 5.92 Å². The number of aromatic nitrogens is 1. The van der Waals surface area contributed by atoms with Crippen molar-refractivity contribution in [1.82, 2.24) is 14.8 Å². The van der Waals surface area contributed by atoms with Gasteiger partial charge in [0.15, 0.2) is 5.13 Å². The quantitative estimate of drug-likeness (QED) is 0.485. The van der Waals surface area contributed by atoms with E-state index in [0.29, 0.717) is 42.7 Å². The van der Waals surface area contributed by atoms with Gasteiger partial charge in [0.1, 0.15) is 6.54 Å². The van der Waals surface area contributed by atoms with E-state index in [9.17, 15) is 27.6 Å². The fourth-order valence-electron chi connectivity index (χ4n) is 5.22. The Morgan fingerprint density at radius 3 is 2.45 bits per heavy atom. The number of hydrogen-bond donors (Lipinski definition) is 1. The molecule has 40 heavy (non-hydrogen) atoms. The van der Waals surface area contributed by atoms with Crippen molar-refractivity contribution in [3.8, 4) is 0 Å². The summed E-state index contributed by atoms with van der Waals surface area (Å²) >= 11 is 1.22. The fraction of sp³-hybridized carbons (Fsp3) is 0.571.